The van der Waals surface area contributed by atoms with E-state index in [4.69, 9.17) is 0 Å². The van der Waals surface area contributed by atoms with Gasteiger partial charge in [0.25, 0.3) is 5.91 Å². The predicted molar refractivity (Wildman–Crippen MR) is 121 cm³/mol. The summed E-state index contributed by atoms with van der Waals surface area (Å²) in [7, 11) is 0. The highest BCUT2D eigenvalue weighted by atomic mass is 32.1. The Morgan fingerprint density at radius 1 is 1.22 bits per heavy atom. The summed E-state index contributed by atoms with van der Waals surface area (Å²) in [4.78, 5) is 53.5. The third kappa shape index (κ3) is 3.70. The molecule has 170 valence electrons. The fourth-order valence-corrected chi connectivity index (χ4v) is 5.97. The van der Waals surface area contributed by atoms with Gasteiger partial charge in [-0.2, -0.15) is 0 Å². The normalized spacial score (nSPS) is 26.3. The maximum atomic E-state index is 13.1. The third-order valence-corrected chi connectivity index (χ3v) is 8.17. The number of thiazole rings is 1. The van der Waals surface area contributed by atoms with Crippen LogP contribution in [0.5, 0.6) is 0 Å². The Hall–Kier alpha value is -2.75. The Morgan fingerprint density at radius 3 is 2.66 bits per heavy atom. The van der Waals surface area contributed by atoms with Gasteiger partial charge in [-0.1, -0.05) is 24.7 Å². The van der Waals surface area contributed by atoms with Gasteiger partial charge in [0.05, 0.1) is 0 Å². The summed E-state index contributed by atoms with van der Waals surface area (Å²) >= 11 is 1.55. The van der Waals surface area contributed by atoms with Crippen LogP contribution >= 0.6 is 11.3 Å². The Kier molecular flexibility index (Phi) is 5.48. The fourth-order valence-electron chi connectivity index (χ4n) is 5.01. The molecule has 32 heavy (non-hydrogen) atoms. The van der Waals surface area contributed by atoms with Gasteiger partial charge in [-0.15, -0.1) is 0 Å². The summed E-state index contributed by atoms with van der Waals surface area (Å²) in [5.74, 6) is 0.202. The molecule has 0 bridgehead atoms. The molecular weight excluding hydrogens is 428 g/mol. The minimum Gasteiger partial charge on any atom is -0.344 e. The number of aromatic nitrogens is 2. The molecule has 2 aromatic heterocycles. The van der Waals surface area contributed by atoms with E-state index in [-0.39, 0.29) is 18.4 Å². The van der Waals surface area contributed by atoms with Crippen molar-refractivity contribution in [1.82, 2.24) is 25.1 Å². The highest BCUT2D eigenvalue weighted by Crippen LogP contribution is 2.37. The number of anilines is 1. The number of amides is 4. The van der Waals surface area contributed by atoms with Crippen LogP contribution in [-0.4, -0.2) is 75.9 Å². The summed E-state index contributed by atoms with van der Waals surface area (Å²) in [6, 6.07) is 3.39. The van der Waals surface area contributed by atoms with Gasteiger partial charge in [-0.25, -0.2) is 14.8 Å². The molecule has 9 nitrogen and oxygen atoms in total. The van der Waals surface area contributed by atoms with Gasteiger partial charge in [0, 0.05) is 32.4 Å². The molecule has 4 amide bonds. The van der Waals surface area contributed by atoms with Crippen molar-refractivity contribution < 1.29 is 14.4 Å². The van der Waals surface area contributed by atoms with Crippen LogP contribution in [0.3, 0.4) is 0 Å². The molecule has 2 aliphatic heterocycles. The lowest BCUT2D eigenvalue weighted by molar-refractivity contribution is -0.139. The first-order valence-electron chi connectivity index (χ1n) is 11.4. The van der Waals surface area contributed by atoms with Gasteiger partial charge in [-0.3, -0.25) is 14.5 Å². The van der Waals surface area contributed by atoms with Gasteiger partial charge in [0.2, 0.25) is 5.91 Å². The van der Waals surface area contributed by atoms with Gasteiger partial charge >= 0.3 is 6.03 Å². The number of hydrogen-bond donors (Lipinski definition) is 1. The number of carbonyl (C=O) groups is 3. The Bertz CT molecular complexity index is 1010. The highest BCUT2D eigenvalue weighted by Gasteiger charge is 2.52. The summed E-state index contributed by atoms with van der Waals surface area (Å²) in [5, 5.41) is 3.82. The van der Waals surface area contributed by atoms with E-state index in [0.717, 1.165) is 39.6 Å². The van der Waals surface area contributed by atoms with E-state index in [1.807, 2.05) is 12.1 Å². The van der Waals surface area contributed by atoms with E-state index in [1.54, 1.807) is 22.4 Å². The molecule has 3 aliphatic rings. The number of carbonyl (C=O) groups excluding carboxylic acids is 3. The lowest BCUT2D eigenvalue weighted by Gasteiger charge is -2.35. The second kappa shape index (κ2) is 8.31. The van der Waals surface area contributed by atoms with Crippen LogP contribution in [0.25, 0.3) is 10.3 Å². The van der Waals surface area contributed by atoms with Gasteiger partial charge in [0.15, 0.2) is 5.13 Å². The second-order valence-electron chi connectivity index (χ2n) is 8.95. The summed E-state index contributed by atoms with van der Waals surface area (Å²) in [6.07, 6.45) is 6.06. The Labute approximate surface area is 190 Å². The van der Waals surface area contributed by atoms with Crippen LogP contribution in [0.2, 0.25) is 0 Å². The van der Waals surface area contributed by atoms with E-state index >= 15 is 0 Å². The van der Waals surface area contributed by atoms with E-state index < -0.39 is 11.6 Å². The molecule has 0 atom stereocenters. The third-order valence-electron chi connectivity index (χ3n) is 7.13. The lowest BCUT2D eigenvalue weighted by Crippen LogP contribution is -2.52. The summed E-state index contributed by atoms with van der Waals surface area (Å²) in [6.45, 7) is 4.37. The molecule has 1 N–H and O–H groups in total. The fraction of sp³-hybridized carbons (Fsp3) is 0.591. The molecule has 0 aromatic carbocycles. The summed E-state index contributed by atoms with van der Waals surface area (Å²) in [5.41, 5.74) is 0.0780. The molecule has 1 aliphatic carbocycles. The minimum atomic E-state index is -0.803. The van der Waals surface area contributed by atoms with Crippen molar-refractivity contribution in [2.45, 2.75) is 44.6 Å². The topological polar surface area (TPSA) is 98.7 Å². The number of fused-ring (bicyclic) bond motifs is 1. The largest absolute Gasteiger partial charge is 0.344 e. The van der Waals surface area contributed by atoms with Crippen molar-refractivity contribution >= 4 is 44.7 Å². The molecule has 1 saturated carbocycles. The molecule has 0 unspecified atom stereocenters. The zero-order valence-electron chi connectivity index (χ0n) is 18.2. The van der Waals surface area contributed by atoms with Crippen LogP contribution in [0.4, 0.5) is 9.93 Å². The predicted octanol–water partition coefficient (Wildman–Crippen LogP) is 2.23. The van der Waals surface area contributed by atoms with E-state index in [9.17, 15) is 14.4 Å². The molecule has 5 rings (SSSR count). The van der Waals surface area contributed by atoms with Crippen molar-refractivity contribution in [2.24, 2.45) is 5.92 Å². The van der Waals surface area contributed by atoms with Crippen LogP contribution in [0.1, 0.15) is 39.0 Å². The molecule has 4 heterocycles. The first-order valence-corrected chi connectivity index (χ1v) is 12.2. The van der Waals surface area contributed by atoms with Crippen LogP contribution in [0, 0.1) is 5.92 Å². The number of imide groups is 1. The number of rotatable bonds is 4. The average molecular weight is 457 g/mol. The maximum absolute atomic E-state index is 13.1. The number of nitrogens with zero attached hydrogens (tertiary/aromatic N) is 5. The highest BCUT2D eigenvalue weighted by molar-refractivity contribution is 7.21. The lowest BCUT2D eigenvalue weighted by atomic mass is 9.75. The van der Waals surface area contributed by atoms with Crippen LogP contribution in [0.15, 0.2) is 18.3 Å². The van der Waals surface area contributed by atoms with Crippen molar-refractivity contribution in [2.75, 3.05) is 37.6 Å². The number of urea groups is 1. The number of pyridine rings is 1. The van der Waals surface area contributed by atoms with Gasteiger partial charge < -0.3 is 15.1 Å². The van der Waals surface area contributed by atoms with Crippen LogP contribution < -0.4 is 10.2 Å². The van der Waals surface area contributed by atoms with Crippen molar-refractivity contribution in [3.05, 3.63) is 18.3 Å². The first-order chi connectivity index (χ1) is 15.5. The zero-order valence-corrected chi connectivity index (χ0v) is 19.1. The van der Waals surface area contributed by atoms with Crippen molar-refractivity contribution in [3.63, 3.8) is 0 Å². The number of nitrogens with one attached hydrogen (secondary N) is 1. The van der Waals surface area contributed by atoms with Gasteiger partial charge in [-0.05, 0) is 43.7 Å². The molecule has 10 heteroatoms. The quantitative estimate of drug-likeness (QED) is 0.709. The standard InChI is InChI=1S/C22H28N6O3S/c1-2-15-5-7-22(8-6-15)19(30)28(20(31)25-22)14-17(29)26-10-12-27(13-11-26)21-24-16-4-3-9-23-18(16)32-21/h3-4,9,15H,2,5-8,10-14H2,1H3,(H,25,31). The maximum Gasteiger partial charge on any atom is 0.325 e. The SMILES string of the molecule is CCC1CCC2(CC1)NC(=O)N(CC(=O)N1CCN(c3nc4cccnc4s3)CC1)C2=O. The molecule has 2 saturated heterocycles. The van der Waals surface area contributed by atoms with Crippen LogP contribution in [-0.2, 0) is 9.59 Å². The van der Waals surface area contributed by atoms with Crippen molar-refractivity contribution in [3.8, 4) is 0 Å². The average Bonchev–Trinajstić information content (AvgIpc) is 3.35. The Morgan fingerprint density at radius 2 is 1.97 bits per heavy atom. The summed E-state index contributed by atoms with van der Waals surface area (Å²) < 4.78 is 0. The first kappa shape index (κ1) is 21.1. The minimum absolute atomic E-state index is 0.182. The number of hydrogen-bond acceptors (Lipinski definition) is 7. The molecule has 3 fully saturated rings. The van der Waals surface area contributed by atoms with E-state index in [0.29, 0.717) is 44.9 Å². The molecule has 2 aromatic rings. The smallest absolute Gasteiger partial charge is 0.325 e. The zero-order chi connectivity index (χ0) is 22.3. The second-order valence-corrected chi connectivity index (χ2v) is 9.90. The monoisotopic (exact) mass is 456 g/mol. The van der Waals surface area contributed by atoms with E-state index in [2.05, 4.69) is 27.1 Å². The van der Waals surface area contributed by atoms with Gasteiger partial charge in [0.1, 0.15) is 22.4 Å². The van der Waals surface area contributed by atoms with E-state index in [1.165, 1.54) is 0 Å². The number of piperazine rings is 1. The van der Waals surface area contributed by atoms with Crippen molar-refractivity contribution in [1.29, 1.82) is 0 Å². The molecular formula is C22H28N6O3S. The molecule has 1 spiro atoms. The molecule has 0 radical (unpaired) electrons. The Balaban J connectivity index is 1.18.